The van der Waals surface area contributed by atoms with Crippen LogP contribution in [0.5, 0.6) is 0 Å². The number of aryl methyl sites for hydroxylation is 1. The second-order valence-corrected chi connectivity index (χ2v) is 5.63. The van der Waals surface area contributed by atoms with Crippen molar-refractivity contribution in [2.75, 3.05) is 5.32 Å². The molecule has 2 aromatic rings. The topological polar surface area (TPSA) is 105 Å². The maximum absolute atomic E-state index is 13.7. The second kappa shape index (κ2) is 7.67. The summed E-state index contributed by atoms with van der Waals surface area (Å²) in [5.74, 6) is -1.02. The molecule has 0 aliphatic heterocycles. The molecule has 7 nitrogen and oxygen atoms in total. The molecule has 0 saturated heterocycles. The van der Waals surface area contributed by atoms with Crippen LogP contribution in [0, 0.1) is 5.82 Å². The van der Waals surface area contributed by atoms with Gasteiger partial charge in [-0.05, 0) is 17.7 Å². The molecular formula is C16H18FN3O4. The summed E-state index contributed by atoms with van der Waals surface area (Å²) < 4.78 is 18.8. The second-order valence-electron chi connectivity index (χ2n) is 5.63. The van der Waals surface area contributed by atoms with Gasteiger partial charge in [-0.15, -0.1) is 0 Å². The Balaban J connectivity index is 1.89. The zero-order chi connectivity index (χ0) is 17.7. The molecule has 1 heterocycles. The largest absolute Gasteiger partial charge is 0.481 e. The highest BCUT2D eigenvalue weighted by atomic mass is 19.1. The van der Waals surface area contributed by atoms with E-state index in [1.807, 2.05) is 13.8 Å². The van der Waals surface area contributed by atoms with E-state index >= 15 is 0 Å². The summed E-state index contributed by atoms with van der Waals surface area (Å²) in [5.41, 5.74) is 0.326. The standard InChI is InChI=1S/C16H18FN3O4/c1-9(2)16-19-14(24-20-16)6-5-13(21)18-11-4-3-10(7-15(22)23)12(17)8-11/h3-4,8-9H,5-7H2,1-2H3,(H,18,21)(H,22,23). The molecule has 0 aliphatic rings. The van der Waals surface area contributed by atoms with Crippen molar-refractivity contribution in [3.63, 3.8) is 0 Å². The lowest BCUT2D eigenvalue weighted by atomic mass is 10.1. The minimum Gasteiger partial charge on any atom is -0.481 e. The Morgan fingerprint density at radius 1 is 1.38 bits per heavy atom. The monoisotopic (exact) mass is 335 g/mol. The summed E-state index contributed by atoms with van der Waals surface area (Å²) in [4.78, 5) is 26.6. The van der Waals surface area contributed by atoms with E-state index in [1.165, 1.54) is 12.1 Å². The van der Waals surface area contributed by atoms with Crippen molar-refractivity contribution in [1.82, 2.24) is 10.1 Å². The SMILES string of the molecule is CC(C)c1noc(CCC(=O)Nc2ccc(CC(=O)O)c(F)c2)n1. The average molecular weight is 335 g/mol. The minimum atomic E-state index is -1.12. The summed E-state index contributed by atoms with van der Waals surface area (Å²) in [7, 11) is 0. The van der Waals surface area contributed by atoms with Crippen LogP contribution < -0.4 is 5.32 Å². The van der Waals surface area contributed by atoms with Crippen LogP contribution >= 0.6 is 0 Å². The molecule has 24 heavy (non-hydrogen) atoms. The van der Waals surface area contributed by atoms with E-state index in [1.54, 1.807) is 0 Å². The number of aromatic nitrogens is 2. The summed E-state index contributed by atoms with van der Waals surface area (Å²) in [5, 5.41) is 15.0. The number of rotatable bonds is 7. The van der Waals surface area contributed by atoms with Gasteiger partial charge in [-0.2, -0.15) is 4.98 Å². The number of carboxylic acid groups (broad SMARTS) is 1. The van der Waals surface area contributed by atoms with Gasteiger partial charge in [-0.3, -0.25) is 9.59 Å². The molecule has 0 atom stereocenters. The van der Waals surface area contributed by atoms with Gasteiger partial charge >= 0.3 is 5.97 Å². The van der Waals surface area contributed by atoms with Gasteiger partial charge in [0.2, 0.25) is 11.8 Å². The quantitative estimate of drug-likeness (QED) is 0.805. The summed E-state index contributed by atoms with van der Waals surface area (Å²) in [6.45, 7) is 3.87. The Labute approximate surface area is 137 Å². The van der Waals surface area contributed by atoms with E-state index in [4.69, 9.17) is 9.63 Å². The van der Waals surface area contributed by atoms with Crippen LogP contribution in [0.3, 0.4) is 0 Å². The number of carboxylic acids is 1. The van der Waals surface area contributed by atoms with Crippen LogP contribution in [-0.4, -0.2) is 27.1 Å². The first-order valence-corrected chi connectivity index (χ1v) is 7.47. The third kappa shape index (κ3) is 4.87. The van der Waals surface area contributed by atoms with Crippen LogP contribution in [0.4, 0.5) is 10.1 Å². The van der Waals surface area contributed by atoms with Crippen molar-refractivity contribution in [2.24, 2.45) is 0 Å². The Hall–Kier alpha value is -2.77. The minimum absolute atomic E-state index is 0.0626. The van der Waals surface area contributed by atoms with Gasteiger partial charge in [0.15, 0.2) is 5.82 Å². The number of anilines is 1. The lowest BCUT2D eigenvalue weighted by Gasteiger charge is -2.06. The molecule has 2 rings (SSSR count). The molecule has 0 fully saturated rings. The van der Waals surface area contributed by atoms with Crippen LogP contribution in [0.1, 0.15) is 43.5 Å². The van der Waals surface area contributed by atoms with E-state index in [9.17, 15) is 14.0 Å². The van der Waals surface area contributed by atoms with Crippen LogP contribution in [0.25, 0.3) is 0 Å². The smallest absolute Gasteiger partial charge is 0.307 e. The highest BCUT2D eigenvalue weighted by molar-refractivity contribution is 5.90. The number of halogens is 1. The number of amides is 1. The summed E-state index contributed by atoms with van der Waals surface area (Å²) in [6.07, 6.45) is -0.0151. The predicted octanol–water partition coefficient (Wildman–Crippen LogP) is 2.53. The lowest BCUT2D eigenvalue weighted by Crippen LogP contribution is -2.13. The average Bonchev–Trinajstić information content (AvgIpc) is 2.97. The van der Waals surface area contributed by atoms with Crippen LogP contribution in [-0.2, 0) is 22.4 Å². The van der Waals surface area contributed by atoms with Gasteiger partial charge < -0.3 is 14.9 Å². The van der Waals surface area contributed by atoms with Gasteiger partial charge in [-0.1, -0.05) is 25.1 Å². The van der Waals surface area contributed by atoms with Crippen molar-refractivity contribution in [3.8, 4) is 0 Å². The van der Waals surface area contributed by atoms with Gasteiger partial charge in [0.05, 0.1) is 6.42 Å². The fourth-order valence-electron chi connectivity index (χ4n) is 1.98. The molecule has 0 unspecified atom stereocenters. The number of aliphatic carboxylic acids is 1. The van der Waals surface area contributed by atoms with Gasteiger partial charge in [0.25, 0.3) is 0 Å². The molecule has 0 aliphatic carbocycles. The molecule has 8 heteroatoms. The number of carbonyl (C=O) groups excluding carboxylic acids is 1. The zero-order valence-corrected chi connectivity index (χ0v) is 13.4. The number of nitrogens with one attached hydrogen (secondary N) is 1. The van der Waals surface area contributed by atoms with Crippen molar-refractivity contribution < 1.29 is 23.6 Å². The van der Waals surface area contributed by atoms with E-state index < -0.39 is 18.2 Å². The maximum atomic E-state index is 13.7. The Bertz CT molecular complexity index is 743. The van der Waals surface area contributed by atoms with E-state index in [2.05, 4.69) is 15.5 Å². The van der Waals surface area contributed by atoms with Crippen molar-refractivity contribution in [3.05, 3.63) is 41.3 Å². The summed E-state index contributed by atoms with van der Waals surface area (Å²) >= 11 is 0. The molecule has 128 valence electrons. The van der Waals surface area contributed by atoms with E-state index in [0.717, 1.165) is 6.07 Å². The van der Waals surface area contributed by atoms with Crippen LogP contribution in [0.2, 0.25) is 0 Å². The van der Waals surface area contributed by atoms with Crippen molar-refractivity contribution >= 4 is 17.6 Å². The Morgan fingerprint density at radius 2 is 2.12 bits per heavy atom. The number of benzene rings is 1. The number of carbonyl (C=O) groups is 2. The van der Waals surface area contributed by atoms with Crippen molar-refractivity contribution in [2.45, 2.75) is 39.0 Å². The molecule has 0 spiro atoms. The molecule has 1 amide bonds. The first kappa shape index (κ1) is 17.6. The first-order chi connectivity index (χ1) is 11.3. The fourth-order valence-corrected chi connectivity index (χ4v) is 1.98. The van der Waals surface area contributed by atoms with E-state index in [-0.39, 0.29) is 35.9 Å². The molecule has 2 N–H and O–H groups in total. The first-order valence-electron chi connectivity index (χ1n) is 7.47. The maximum Gasteiger partial charge on any atom is 0.307 e. The molecule has 1 aromatic heterocycles. The molecule has 0 radical (unpaired) electrons. The Kier molecular flexibility index (Phi) is 5.62. The third-order valence-corrected chi connectivity index (χ3v) is 3.24. The molecule has 0 saturated carbocycles. The molecular weight excluding hydrogens is 317 g/mol. The summed E-state index contributed by atoms with van der Waals surface area (Å²) in [6, 6.07) is 3.90. The van der Waals surface area contributed by atoms with Gasteiger partial charge in [-0.25, -0.2) is 4.39 Å². The molecule has 0 bridgehead atoms. The normalized spacial score (nSPS) is 10.8. The number of hydrogen-bond donors (Lipinski definition) is 2. The van der Waals surface area contributed by atoms with Crippen molar-refractivity contribution in [1.29, 1.82) is 0 Å². The Morgan fingerprint density at radius 3 is 2.71 bits per heavy atom. The predicted molar refractivity (Wildman–Crippen MR) is 83.1 cm³/mol. The van der Waals surface area contributed by atoms with Crippen LogP contribution in [0.15, 0.2) is 22.7 Å². The highest BCUT2D eigenvalue weighted by Crippen LogP contribution is 2.16. The van der Waals surface area contributed by atoms with Gasteiger partial charge in [0.1, 0.15) is 5.82 Å². The van der Waals surface area contributed by atoms with Gasteiger partial charge in [0, 0.05) is 24.4 Å². The zero-order valence-electron chi connectivity index (χ0n) is 13.4. The number of hydrogen-bond acceptors (Lipinski definition) is 5. The number of nitrogens with zero attached hydrogens (tertiary/aromatic N) is 2. The molecule has 1 aromatic carbocycles. The lowest BCUT2D eigenvalue weighted by molar-refractivity contribution is -0.136. The fraction of sp³-hybridized carbons (Fsp3) is 0.375. The van der Waals surface area contributed by atoms with E-state index in [0.29, 0.717) is 11.7 Å². The highest BCUT2D eigenvalue weighted by Gasteiger charge is 2.12. The third-order valence-electron chi connectivity index (χ3n) is 3.24.